The van der Waals surface area contributed by atoms with Crippen LogP contribution in [0.4, 0.5) is 4.39 Å². The molecule has 18 heavy (non-hydrogen) atoms. The lowest BCUT2D eigenvalue weighted by Crippen LogP contribution is -2.32. The number of halogens is 1. The first-order valence-electron chi connectivity index (χ1n) is 6.45. The second-order valence-corrected chi connectivity index (χ2v) is 4.66. The third kappa shape index (κ3) is 4.70. The molecule has 0 fully saturated rings. The van der Waals surface area contributed by atoms with Crippen LogP contribution in [0.3, 0.4) is 0 Å². The number of hydrogen-bond acceptors (Lipinski definition) is 3. The highest BCUT2D eigenvalue weighted by molar-refractivity contribution is 5.15. The minimum atomic E-state index is -1.37. The minimum Gasteiger partial charge on any atom is -0.381 e. The lowest BCUT2D eigenvalue weighted by molar-refractivity contribution is 0.0327. The molecule has 1 aromatic rings. The van der Waals surface area contributed by atoms with Crippen molar-refractivity contribution in [3.05, 3.63) is 29.6 Å². The van der Waals surface area contributed by atoms with Crippen molar-refractivity contribution in [1.82, 2.24) is 4.98 Å². The molecule has 0 amide bonds. The summed E-state index contributed by atoms with van der Waals surface area (Å²) in [6.07, 6.45) is 4.11. The van der Waals surface area contributed by atoms with Crippen molar-refractivity contribution in [3.63, 3.8) is 0 Å². The fourth-order valence-corrected chi connectivity index (χ4v) is 1.98. The Labute approximate surface area is 109 Å². The van der Waals surface area contributed by atoms with Crippen molar-refractivity contribution in [1.29, 1.82) is 0 Å². The van der Waals surface area contributed by atoms with Crippen molar-refractivity contribution in [3.8, 4) is 0 Å². The molecule has 2 N–H and O–H groups in total. The van der Waals surface area contributed by atoms with Gasteiger partial charge in [-0.3, -0.25) is 4.98 Å². The van der Waals surface area contributed by atoms with Gasteiger partial charge in [0.25, 0.3) is 0 Å². The number of methoxy groups -OCH3 is 1. The van der Waals surface area contributed by atoms with Gasteiger partial charge in [-0.05, 0) is 37.4 Å². The molecule has 0 bridgehead atoms. The first-order chi connectivity index (χ1) is 8.63. The Kier molecular flexibility index (Phi) is 6.22. The van der Waals surface area contributed by atoms with Crippen LogP contribution in [0.2, 0.25) is 0 Å². The van der Waals surface area contributed by atoms with Gasteiger partial charge in [0.1, 0.15) is 5.67 Å². The smallest absolute Gasteiger partial charge is 0.139 e. The highest BCUT2D eigenvalue weighted by Crippen LogP contribution is 2.23. The molecule has 0 aliphatic rings. The number of aryl methyl sites for hydroxylation is 1. The third-order valence-corrected chi connectivity index (χ3v) is 3.02. The quantitative estimate of drug-likeness (QED) is 0.774. The van der Waals surface area contributed by atoms with E-state index in [-0.39, 0.29) is 13.0 Å². The van der Waals surface area contributed by atoms with E-state index in [1.165, 1.54) is 7.11 Å². The Bertz CT molecular complexity index is 342. The van der Waals surface area contributed by atoms with Gasteiger partial charge in [0.15, 0.2) is 0 Å². The number of alkyl halides is 1. The maximum Gasteiger partial charge on any atom is 0.139 e. The number of ether oxygens (including phenoxy) is 1. The number of hydrogen-bond donors (Lipinski definition) is 1. The number of pyridine rings is 1. The van der Waals surface area contributed by atoms with Crippen LogP contribution in [-0.2, 0) is 17.6 Å². The molecule has 0 aliphatic carbocycles. The average Bonchev–Trinajstić information content (AvgIpc) is 2.38. The normalized spacial score (nSPS) is 14.4. The van der Waals surface area contributed by atoms with Gasteiger partial charge in [-0.2, -0.15) is 0 Å². The van der Waals surface area contributed by atoms with Crippen molar-refractivity contribution < 1.29 is 9.13 Å². The van der Waals surface area contributed by atoms with Gasteiger partial charge in [0, 0.05) is 25.4 Å². The van der Waals surface area contributed by atoms with Crippen LogP contribution in [-0.4, -0.2) is 30.9 Å². The highest BCUT2D eigenvalue weighted by atomic mass is 19.1. The van der Waals surface area contributed by atoms with Gasteiger partial charge in [0.05, 0.1) is 6.61 Å². The van der Waals surface area contributed by atoms with Crippen LogP contribution in [0.1, 0.15) is 31.0 Å². The zero-order valence-electron chi connectivity index (χ0n) is 11.3. The van der Waals surface area contributed by atoms with Gasteiger partial charge in [-0.1, -0.05) is 13.0 Å². The van der Waals surface area contributed by atoms with Crippen molar-refractivity contribution in [2.75, 3.05) is 20.3 Å². The minimum absolute atomic E-state index is 0.0875. The zero-order chi connectivity index (χ0) is 13.4. The lowest BCUT2D eigenvalue weighted by atomic mass is 9.94. The molecular formula is C14H23FN2O. The molecule has 0 aromatic carbocycles. The van der Waals surface area contributed by atoms with E-state index in [0.29, 0.717) is 19.4 Å². The Morgan fingerprint density at radius 1 is 1.44 bits per heavy atom. The molecule has 0 saturated carbocycles. The number of nitrogens with zero attached hydrogens (tertiary/aromatic N) is 1. The van der Waals surface area contributed by atoms with Crippen LogP contribution >= 0.6 is 0 Å². The van der Waals surface area contributed by atoms with Gasteiger partial charge >= 0.3 is 0 Å². The van der Waals surface area contributed by atoms with Gasteiger partial charge in [0.2, 0.25) is 0 Å². The zero-order valence-corrected chi connectivity index (χ0v) is 11.3. The molecule has 1 unspecified atom stereocenters. The molecular weight excluding hydrogens is 231 g/mol. The predicted molar refractivity (Wildman–Crippen MR) is 71.3 cm³/mol. The first kappa shape index (κ1) is 15.1. The second-order valence-electron chi connectivity index (χ2n) is 4.66. The molecule has 102 valence electrons. The predicted octanol–water partition coefficient (Wildman–Crippen LogP) is 2.28. The summed E-state index contributed by atoms with van der Waals surface area (Å²) < 4.78 is 19.6. The Hall–Kier alpha value is -1.00. The Morgan fingerprint density at radius 3 is 2.72 bits per heavy atom. The van der Waals surface area contributed by atoms with Gasteiger partial charge in [-0.15, -0.1) is 0 Å². The fraction of sp³-hybridized carbons (Fsp3) is 0.643. The third-order valence-electron chi connectivity index (χ3n) is 3.02. The molecule has 0 aliphatic heterocycles. The molecule has 0 radical (unpaired) electrons. The molecule has 3 nitrogen and oxygen atoms in total. The van der Waals surface area contributed by atoms with E-state index in [1.54, 1.807) is 0 Å². The van der Waals surface area contributed by atoms with Crippen molar-refractivity contribution >= 4 is 0 Å². The molecule has 1 rings (SSSR count). The number of aromatic nitrogens is 1. The highest BCUT2D eigenvalue weighted by Gasteiger charge is 2.30. The summed E-state index contributed by atoms with van der Waals surface area (Å²) in [5.41, 5.74) is 6.00. The van der Waals surface area contributed by atoms with Crippen LogP contribution in [0.15, 0.2) is 18.3 Å². The lowest BCUT2D eigenvalue weighted by Gasteiger charge is -2.24. The van der Waals surface area contributed by atoms with Crippen molar-refractivity contribution in [2.45, 2.75) is 38.3 Å². The summed E-state index contributed by atoms with van der Waals surface area (Å²) in [6, 6.07) is 3.89. The van der Waals surface area contributed by atoms with E-state index in [1.807, 2.05) is 18.3 Å². The summed E-state index contributed by atoms with van der Waals surface area (Å²) >= 11 is 0. The summed E-state index contributed by atoms with van der Waals surface area (Å²) in [5.74, 6) is 0. The fourth-order valence-electron chi connectivity index (χ4n) is 1.98. The molecule has 1 aromatic heterocycles. The second kappa shape index (κ2) is 7.44. The molecule has 1 heterocycles. The maximum absolute atomic E-state index is 14.6. The molecule has 4 heteroatoms. The Balaban J connectivity index is 2.68. The summed E-state index contributed by atoms with van der Waals surface area (Å²) in [7, 11) is 1.52. The van der Waals surface area contributed by atoms with Crippen LogP contribution < -0.4 is 5.73 Å². The first-order valence-corrected chi connectivity index (χ1v) is 6.45. The largest absolute Gasteiger partial charge is 0.381 e. The van der Waals surface area contributed by atoms with E-state index >= 15 is 0 Å². The average molecular weight is 254 g/mol. The molecule has 0 saturated heterocycles. The summed E-state index contributed by atoms with van der Waals surface area (Å²) in [6.45, 7) is 2.66. The topological polar surface area (TPSA) is 48.1 Å². The van der Waals surface area contributed by atoms with Gasteiger partial charge < -0.3 is 10.5 Å². The monoisotopic (exact) mass is 254 g/mol. The van der Waals surface area contributed by atoms with E-state index in [9.17, 15) is 4.39 Å². The molecule has 1 atom stereocenters. The van der Waals surface area contributed by atoms with Crippen molar-refractivity contribution in [2.24, 2.45) is 5.73 Å². The van der Waals surface area contributed by atoms with E-state index in [2.05, 4.69) is 11.9 Å². The maximum atomic E-state index is 14.6. The Morgan fingerprint density at radius 2 is 2.22 bits per heavy atom. The number of rotatable bonds is 8. The number of nitrogens with two attached hydrogens (primary N) is 1. The van der Waals surface area contributed by atoms with E-state index < -0.39 is 5.67 Å². The summed E-state index contributed by atoms with van der Waals surface area (Å²) in [4.78, 5) is 4.30. The van der Waals surface area contributed by atoms with E-state index in [0.717, 1.165) is 17.7 Å². The standard InChI is InChI=1S/C14H23FN2O/c1-3-12-5-6-13(17-10-12)9-14(15,11-18-2)7-4-8-16/h5-6,10H,3-4,7-9,11,16H2,1-2H3. The summed E-state index contributed by atoms with van der Waals surface area (Å²) in [5, 5.41) is 0. The van der Waals surface area contributed by atoms with Crippen LogP contribution in [0.25, 0.3) is 0 Å². The SMILES string of the molecule is CCc1ccc(CC(F)(CCCN)COC)nc1. The van der Waals surface area contributed by atoms with E-state index in [4.69, 9.17) is 10.5 Å². The van der Waals surface area contributed by atoms with Crippen LogP contribution in [0, 0.1) is 0 Å². The molecule has 0 spiro atoms. The van der Waals surface area contributed by atoms with Gasteiger partial charge in [-0.25, -0.2) is 4.39 Å². The van der Waals surface area contributed by atoms with Crippen LogP contribution in [0.5, 0.6) is 0 Å².